The summed E-state index contributed by atoms with van der Waals surface area (Å²) in [5.74, 6) is 1.59. The van der Waals surface area contributed by atoms with Crippen LogP contribution in [-0.4, -0.2) is 55.8 Å². The van der Waals surface area contributed by atoms with Crippen LogP contribution in [0.2, 0.25) is 0 Å². The predicted octanol–water partition coefficient (Wildman–Crippen LogP) is 4.04. The molecule has 0 saturated carbocycles. The monoisotopic (exact) mass is 497 g/mol. The quantitative estimate of drug-likeness (QED) is 0.325. The van der Waals surface area contributed by atoms with Gasteiger partial charge in [-0.1, -0.05) is 42.5 Å². The number of piperazine rings is 1. The summed E-state index contributed by atoms with van der Waals surface area (Å²) in [6.45, 7) is 2.45. The standard InChI is InChI=1S/C25H27N3O6S/c1-33-24-11-4-5-12-25(24)34-22-9-6-7-20(17-22)18-26-13-15-27(16-14-26)35(31,32)19-21-8-2-3-10-23(21)28(29)30/h2-12,17H,13-16,18-19H2,1H3. The summed E-state index contributed by atoms with van der Waals surface area (Å²) < 4.78 is 38.6. The summed E-state index contributed by atoms with van der Waals surface area (Å²) in [4.78, 5) is 12.9. The molecule has 0 N–H and O–H groups in total. The normalized spacial score (nSPS) is 15.0. The largest absolute Gasteiger partial charge is 0.493 e. The van der Waals surface area contributed by atoms with Crippen LogP contribution >= 0.6 is 0 Å². The molecule has 10 heteroatoms. The summed E-state index contributed by atoms with van der Waals surface area (Å²) in [5, 5.41) is 11.2. The lowest BCUT2D eigenvalue weighted by atomic mass is 10.2. The fourth-order valence-electron chi connectivity index (χ4n) is 4.06. The Morgan fingerprint density at radius 1 is 0.914 bits per heavy atom. The summed E-state index contributed by atoms with van der Waals surface area (Å²) in [7, 11) is -2.07. The van der Waals surface area contributed by atoms with Crippen molar-refractivity contribution < 1.29 is 22.8 Å². The zero-order chi connectivity index (χ0) is 24.8. The molecule has 0 aromatic heterocycles. The van der Waals surface area contributed by atoms with Gasteiger partial charge in [0.25, 0.3) is 5.69 Å². The second-order valence-corrected chi connectivity index (χ2v) is 10.2. The van der Waals surface area contributed by atoms with Gasteiger partial charge in [-0.05, 0) is 29.8 Å². The number of hydrogen-bond donors (Lipinski definition) is 0. The molecular weight excluding hydrogens is 470 g/mol. The summed E-state index contributed by atoms with van der Waals surface area (Å²) in [6.07, 6.45) is 0. The Balaban J connectivity index is 1.36. The smallest absolute Gasteiger partial charge is 0.273 e. The number of rotatable bonds is 9. The molecule has 0 radical (unpaired) electrons. The van der Waals surface area contributed by atoms with E-state index >= 15 is 0 Å². The number of nitro benzene ring substituents is 1. The van der Waals surface area contributed by atoms with Gasteiger partial charge in [-0.2, -0.15) is 4.31 Å². The predicted molar refractivity (Wildman–Crippen MR) is 132 cm³/mol. The average molecular weight is 498 g/mol. The third kappa shape index (κ3) is 6.16. The maximum absolute atomic E-state index is 12.9. The fraction of sp³-hybridized carbons (Fsp3) is 0.280. The highest BCUT2D eigenvalue weighted by atomic mass is 32.2. The van der Waals surface area contributed by atoms with E-state index in [2.05, 4.69) is 4.90 Å². The molecule has 4 rings (SSSR count). The molecule has 1 aliphatic rings. The molecule has 0 amide bonds. The zero-order valence-electron chi connectivity index (χ0n) is 19.4. The minimum absolute atomic E-state index is 0.176. The van der Waals surface area contributed by atoms with Crippen molar-refractivity contribution in [3.8, 4) is 17.2 Å². The van der Waals surface area contributed by atoms with Crippen molar-refractivity contribution in [2.45, 2.75) is 12.3 Å². The Morgan fingerprint density at radius 3 is 2.31 bits per heavy atom. The van der Waals surface area contributed by atoms with Crippen LogP contribution in [0.15, 0.2) is 72.8 Å². The summed E-state index contributed by atoms with van der Waals surface area (Å²) >= 11 is 0. The number of benzene rings is 3. The Hall–Kier alpha value is -3.47. The SMILES string of the molecule is COc1ccccc1Oc1cccc(CN2CCN(S(=O)(=O)Cc3ccccc3[N+](=O)[O-])CC2)c1. The molecule has 3 aromatic carbocycles. The average Bonchev–Trinajstić information content (AvgIpc) is 2.85. The van der Waals surface area contributed by atoms with Gasteiger partial charge in [-0.15, -0.1) is 0 Å². The Kier molecular flexibility index (Phi) is 7.64. The van der Waals surface area contributed by atoms with E-state index in [1.54, 1.807) is 13.2 Å². The highest BCUT2D eigenvalue weighted by molar-refractivity contribution is 7.88. The van der Waals surface area contributed by atoms with Crippen LogP contribution in [-0.2, 0) is 22.3 Å². The van der Waals surface area contributed by atoms with Gasteiger partial charge in [0.1, 0.15) is 5.75 Å². The van der Waals surface area contributed by atoms with Crippen molar-refractivity contribution in [2.24, 2.45) is 0 Å². The minimum atomic E-state index is -3.67. The highest BCUT2D eigenvalue weighted by Crippen LogP contribution is 2.31. The van der Waals surface area contributed by atoms with E-state index in [9.17, 15) is 18.5 Å². The first kappa shape index (κ1) is 24.6. The van der Waals surface area contributed by atoms with E-state index in [1.807, 2.05) is 48.5 Å². The van der Waals surface area contributed by atoms with Gasteiger partial charge in [0.2, 0.25) is 10.0 Å². The molecule has 35 heavy (non-hydrogen) atoms. The van der Waals surface area contributed by atoms with E-state index < -0.39 is 14.9 Å². The van der Waals surface area contributed by atoms with Gasteiger partial charge in [0.05, 0.1) is 17.8 Å². The number of sulfonamides is 1. The molecule has 1 aliphatic heterocycles. The third-order valence-corrected chi connectivity index (χ3v) is 7.68. The van der Waals surface area contributed by atoms with Crippen LogP contribution < -0.4 is 9.47 Å². The Bertz CT molecular complexity index is 1290. The second-order valence-electron chi connectivity index (χ2n) is 8.22. The number of hydrogen-bond acceptors (Lipinski definition) is 7. The van der Waals surface area contributed by atoms with Crippen molar-refractivity contribution in [3.05, 3.63) is 94.0 Å². The third-order valence-electron chi connectivity index (χ3n) is 5.85. The van der Waals surface area contributed by atoms with Crippen LogP contribution in [0, 0.1) is 10.1 Å². The molecular formula is C25H27N3O6S. The van der Waals surface area contributed by atoms with E-state index in [4.69, 9.17) is 9.47 Å². The molecule has 9 nitrogen and oxygen atoms in total. The lowest BCUT2D eigenvalue weighted by molar-refractivity contribution is -0.385. The highest BCUT2D eigenvalue weighted by Gasteiger charge is 2.29. The molecule has 0 bridgehead atoms. The minimum Gasteiger partial charge on any atom is -0.493 e. The molecule has 0 aliphatic carbocycles. The number of methoxy groups -OCH3 is 1. The van der Waals surface area contributed by atoms with Gasteiger partial charge in [0, 0.05) is 44.4 Å². The molecule has 0 atom stereocenters. The lowest BCUT2D eigenvalue weighted by Crippen LogP contribution is -2.48. The van der Waals surface area contributed by atoms with E-state index in [0.717, 1.165) is 5.56 Å². The maximum Gasteiger partial charge on any atom is 0.273 e. The van der Waals surface area contributed by atoms with Crippen LogP contribution in [0.4, 0.5) is 5.69 Å². The molecule has 184 valence electrons. The van der Waals surface area contributed by atoms with Crippen LogP contribution in [0.3, 0.4) is 0 Å². The summed E-state index contributed by atoms with van der Waals surface area (Å²) in [6, 6.07) is 21.2. The van der Waals surface area contributed by atoms with E-state index in [0.29, 0.717) is 50.0 Å². The van der Waals surface area contributed by atoms with Gasteiger partial charge in [0.15, 0.2) is 11.5 Å². The van der Waals surface area contributed by atoms with Crippen LogP contribution in [0.5, 0.6) is 17.2 Å². The van der Waals surface area contributed by atoms with Crippen molar-refractivity contribution in [3.63, 3.8) is 0 Å². The maximum atomic E-state index is 12.9. The van der Waals surface area contributed by atoms with Crippen molar-refractivity contribution >= 4 is 15.7 Å². The lowest BCUT2D eigenvalue weighted by Gasteiger charge is -2.34. The summed E-state index contributed by atoms with van der Waals surface area (Å²) in [5.41, 5.74) is 1.07. The second kappa shape index (κ2) is 10.9. The number of nitrogens with zero attached hydrogens (tertiary/aromatic N) is 3. The Morgan fingerprint density at radius 2 is 1.60 bits per heavy atom. The van der Waals surface area contributed by atoms with E-state index in [1.165, 1.54) is 22.5 Å². The number of ether oxygens (including phenoxy) is 2. The van der Waals surface area contributed by atoms with Gasteiger partial charge < -0.3 is 9.47 Å². The topological polar surface area (TPSA) is 102 Å². The van der Waals surface area contributed by atoms with Gasteiger partial charge in [-0.25, -0.2) is 8.42 Å². The molecule has 1 heterocycles. The first-order valence-corrected chi connectivity index (χ1v) is 12.8. The van der Waals surface area contributed by atoms with Gasteiger partial charge >= 0.3 is 0 Å². The van der Waals surface area contributed by atoms with E-state index in [-0.39, 0.29) is 17.0 Å². The molecule has 3 aromatic rings. The van der Waals surface area contributed by atoms with Crippen LogP contribution in [0.1, 0.15) is 11.1 Å². The first-order valence-electron chi connectivity index (χ1n) is 11.2. The zero-order valence-corrected chi connectivity index (χ0v) is 20.2. The van der Waals surface area contributed by atoms with Crippen molar-refractivity contribution in [1.29, 1.82) is 0 Å². The molecule has 0 unspecified atom stereocenters. The van der Waals surface area contributed by atoms with Crippen LogP contribution in [0.25, 0.3) is 0 Å². The van der Waals surface area contributed by atoms with Crippen molar-refractivity contribution in [2.75, 3.05) is 33.3 Å². The number of nitro groups is 1. The number of para-hydroxylation sites is 3. The van der Waals surface area contributed by atoms with Crippen molar-refractivity contribution in [1.82, 2.24) is 9.21 Å². The molecule has 0 spiro atoms. The van der Waals surface area contributed by atoms with Gasteiger partial charge in [-0.3, -0.25) is 15.0 Å². The molecule has 1 saturated heterocycles. The first-order chi connectivity index (χ1) is 16.9. The fourth-order valence-corrected chi connectivity index (χ4v) is 5.60. The Labute approximate surface area is 204 Å². The molecule has 1 fully saturated rings.